The fourth-order valence-corrected chi connectivity index (χ4v) is 4.50. The lowest BCUT2D eigenvalue weighted by molar-refractivity contribution is -0.128. The van der Waals surface area contributed by atoms with E-state index in [-0.39, 0.29) is 10.6 Å². The summed E-state index contributed by atoms with van der Waals surface area (Å²) in [5, 5.41) is 0. The van der Waals surface area contributed by atoms with Gasteiger partial charge in [-0.15, -0.1) is 0 Å². The summed E-state index contributed by atoms with van der Waals surface area (Å²) in [6, 6.07) is 5.28. The Morgan fingerprint density at radius 1 is 1.18 bits per heavy atom. The predicted octanol–water partition coefficient (Wildman–Crippen LogP) is 2.98. The molecule has 0 heterocycles. The van der Waals surface area contributed by atoms with Crippen LogP contribution in [-0.4, -0.2) is 32.4 Å². The number of carbonyl (C=O) groups excluding carboxylic acids is 1. The van der Waals surface area contributed by atoms with Crippen LogP contribution in [-0.2, 0) is 18.5 Å². The Morgan fingerprint density at radius 3 is 2.09 bits per heavy atom. The Balaban J connectivity index is 2.99. The minimum atomic E-state index is -5.70. The van der Waals surface area contributed by atoms with E-state index in [0.29, 0.717) is 0 Å². The van der Waals surface area contributed by atoms with E-state index < -0.39 is 31.9 Å². The number of hydrogen-bond donors (Lipinski definition) is 0. The molecule has 22 heavy (non-hydrogen) atoms. The van der Waals surface area contributed by atoms with Crippen LogP contribution in [0, 0.1) is 0 Å². The van der Waals surface area contributed by atoms with E-state index in [2.05, 4.69) is 10.2 Å². The van der Waals surface area contributed by atoms with Crippen molar-refractivity contribution in [3.05, 3.63) is 36.9 Å². The van der Waals surface area contributed by atoms with Gasteiger partial charge in [-0.2, -0.15) is 21.6 Å². The van der Waals surface area contributed by atoms with E-state index in [1.54, 1.807) is 0 Å². The molecule has 0 atom stereocenters. The SMILES string of the molecule is C=CC(=O)Oc1ccc(S(C)(C)OS(=O)(=O)C(F)(F)F)cc1. The Bertz CT molecular complexity index is 663. The third-order valence-electron chi connectivity index (χ3n) is 2.32. The van der Waals surface area contributed by atoms with Crippen molar-refractivity contribution < 1.29 is 34.7 Å². The van der Waals surface area contributed by atoms with Crippen molar-refractivity contribution in [1.82, 2.24) is 0 Å². The first-order valence-corrected chi connectivity index (χ1v) is 9.37. The number of carbonyl (C=O) groups is 1. The van der Waals surface area contributed by atoms with Gasteiger partial charge >= 0.3 is 21.6 Å². The lowest BCUT2D eigenvalue weighted by Crippen LogP contribution is -2.26. The van der Waals surface area contributed by atoms with Gasteiger partial charge in [0.15, 0.2) is 0 Å². The average molecular weight is 358 g/mol. The third kappa shape index (κ3) is 4.49. The molecule has 1 rings (SSSR count). The Hall–Kier alpha value is -1.52. The smallest absolute Gasteiger partial charge is 0.423 e. The molecule has 0 unspecified atom stereocenters. The van der Waals surface area contributed by atoms with Gasteiger partial charge in [-0.1, -0.05) is 16.9 Å². The third-order valence-corrected chi connectivity index (χ3v) is 6.37. The zero-order valence-corrected chi connectivity index (χ0v) is 13.2. The van der Waals surface area contributed by atoms with E-state index in [0.717, 1.165) is 6.08 Å². The van der Waals surface area contributed by atoms with Crippen LogP contribution >= 0.6 is 10.3 Å². The summed E-state index contributed by atoms with van der Waals surface area (Å²) in [7, 11) is -8.42. The fourth-order valence-electron chi connectivity index (χ4n) is 1.30. The van der Waals surface area contributed by atoms with Crippen molar-refractivity contribution in [2.24, 2.45) is 0 Å². The minimum Gasteiger partial charge on any atom is -0.423 e. The van der Waals surface area contributed by atoms with Gasteiger partial charge < -0.3 is 4.74 Å². The molecule has 1 aromatic carbocycles. The van der Waals surface area contributed by atoms with Gasteiger partial charge in [0.2, 0.25) is 0 Å². The Labute approximate surface area is 127 Å². The highest BCUT2D eigenvalue weighted by Crippen LogP contribution is 2.53. The molecule has 0 bridgehead atoms. The van der Waals surface area contributed by atoms with Crippen LogP contribution in [0.25, 0.3) is 0 Å². The largest absolute Gasteiger partial charge is 0.523 e. The lowest BCUT2D eigenvalue weighted by Gasteiger charge is -2.30. The molecule has 0 N–H and O–H groups in total. The van der Waals surface area contributed by atoms with Gasteiger partial charge in [-0.25, -0.2) is 8.42 Å². The minimum absolute atomic E-state index is 0.141. The van der Waals surface area contributed by atoms with Gasteiger partial charge in [0.25, 0.3) is 0 Å². The summed E-state index contributed by atoms with van der Waals surface area (Å²) in [5.41, 5.74) is -5.49. The van der Waals surface area contributed by atoms with Crippen LogP contribution in [0.4, 0.5) is 13.2 Å². The number of benzene rings is 1. The maximum atomic E-state index is 12.4. The van der Waals surface area contributed by atoms with Crippen molar-refractivity contribution in [3.8, 4) is 5.75 Å². The first-order valence-electron chi connectivity index (χ1n) is 5.59. The number of hydrogen-bond acceptors (Lipinski definition) is 5. The monoisotopic (exact) mass is 358 g/mol. The normalized spacial score (nSPS) is 13.5. The molecule has 5 nitrogen and oxygen atoms in total. The number of rotatable bonds is 5. The van der Waals surface area contributed by atoms with E-state index in [1.165, 1.54) is 36.8 Å². The van der Waals surface area contributed by atoms with E-state index in [9.17, 15) is 26.4 Å². The van der Waals surface area contributed by atoms with Gasteiger partial charge in [0, 0.05) is 11.0 Å². The van der Waals surface area contributed by atoms with Gasteiger partial charge in [-0.3, -0.25) is 0 Å². The van der Waals surface area contributed by atoms with Crippen LogP contribution in [0.15, 0.2) is 41.8 Å². The van der Waals surface area contributed by atoms with Gasteiger partial charge in [0.05, 0.1) is 0 Å². The molecular weight excluding hydrogens is 345 g/mol. The summed E-state index contributed by atoms with van der Waals surface area (Å²) in [5.74, 6) is -0.558. The van der Waals surface area contributed by atoms with Crippen molar-refractivity contribution in [3.63, 3.8) is 0 Å². The quantitative estimate of drug-likeness (QED) is 0.350. The number of halogens is 3. The molecular formula is C12H13F3O5S2. The predicted molar refractivity (Wildman–Crippen MR) is 76.0 cm³/mol. The Kier molecular flexibility index (Phi) is 5.31. The van der Waals surface area contributed by atoms with Gasteiger partial charge in [-0.05, 0) is 36.8 Å². The van der Waals surface area contributed by atoms with Crippen LogP contribution in [0.3, 0.4) is 0 Å². The molecule has 0 saturated carbocycles. The van der Waals surface area contributed by atoms with E-state index in [4.69, 9.17) is 4.74 Å². The van der Waals surface area contributed by atoms with Crippen molar-refractivity contribution in [2.75, 3.05) is 12.5 Å². The molecule has 0 radical (unpaired) electrons. The Morgan fingerprint density at radius 2 is 1.68 bits per heavy atom. The van der Waals surface area contributed by atoms with Gasteiger partial charge in [0.1, 0.15) is 5.75 Å². The van der Waals surface area contributed by atoms with E-state index >= 15 is 0 Å². The second-order valence-electron chi connectivity index (χ2n) is 4.30. The number of ether oxygens (including phenoxy) is 1. The van der Waals surface area contributed by atoms with Crippen LogP contribution < -0.4 is 4.74 Å². The van der Waals surface area contributed by atoms with Crippen molar-refractivity contribution >= 4 is 26.4 Å². The first-order chi connectivity index (χ1) is 9.89. The number of esters is 1. The second-order valence-corrected chi connectivity index (χ2v) is 9.15. The summed E-state index contributed by atoms with van der Waals surface area (Å²) in [4.78, 5) is 11.2. The van der Waals surface area contributed by atoms with Crippen molar-refractivity contribution in [2.45, 2.75) is 10.4 Å². The molecule has 124 valence electrons. The fraction of sp³-hybridized carbons (Fsp3) is 0.250. The molecule has 10 heteroatoms. The maximum absolute atomic E-state index is 12.4. The van der Waals surface area contributed by atoms with Crippen LogP contribution in [0.5, 0.6) is 5.75 Å². The van der Waals surface area contributed by atoms with E-state index in [1.807, 2.05) is 0 Å². The standard InChI is InChI=1S/C12H13F3O5S2/c1-4-11(16)19-9-5-7-10(8-6-9)21(2,3)20-22(17,18)12(13,14)15/h4-8H,1H2,2-3H3. The second kappa shape index (κ2) is 6.31. The zero-order chi connectivity index (χ0) is 17.2. The summed E-state index contributed by atoms with van der Waals surface area (Å²) < 4.78 is 68.4. The first kappa shape index (κ1) is 18.5. The zero-order valence-electron chi connectivity index (χ0n) is 11.6. The number of alkyl halides is 3. The summed E-state index contributed by atoms with van der Waals surface area (Å²) in [6.45, 7) is 3.21. The molecule has 0 aliphatic heterocycles. The average Bonchev–Trinajstić information content (AvgIpc) is 2.36. The molecule has 0 spiro atoms. The highest BCUT2D eigenvalue weighted by Gasteiger charge is 2.49. The molecule has 1 aromatic rings. The molecule has 0 aliphatic carbocycles. The summed E-state index contributed by atoms with van der Waals surface area (Å²) >= 11 is 0. The van der Waals surface area contributed by atoms with Crippen LogP contribution in [0.1, 0.15) is 0 Å². The topological polar surface area (TPSA) is 69.7 Å². The maximum Gasteiger partial charge on any atom is 0.523 e. The summed E-state index contributed by atoms with van der Waals surface area (Å²) in [6.07, 6.45) is 3.45. The lowest BCUT2D eigenvalue weighted by atomic mass is 10.3. The molecule has 0 amide bonds. The molecule has 0 fully saturated rings. The highest BCUT2D eigenvalue weighted by molar-refractivity contribution is 8.32. The molecule has 0 aliphatic rings. The molecule has 0 saturated heterocycles. The molecule has 0 aromatic heterocycles. The van der Waals surface area contributed by atoms with Crippen molar-refractivity contribution in [1.29, 1.82) is 0 Å². The van der Waals surface area contributed by atoms with Crippen LogP contribution in [0.2, 0.25) is 0 Å². The highest BCUT2D eigenvalue weighted by atomic mass is 32.3.